The van der Waals surface area contributed by atoms with Gasteiger partial charge in [-0.3, -0.25) is 0 Å². The van der Waals surface area contributed by atoms with Crippen molar-refractivity contribution in [2.24, 2.45) is 0 Å². The van der Waals surface area contributed by atoms with E-state index in [0.717, 1.165) is 12.8 Å². The van der Waals surface area contributed by atoms with E-state index >= 15 is 0 Å². The lowest BCUT2D eigenvalue weighted by Gasteiger charge is -1.76. The minimum atomic E-state index is 0.413. The Bertz CT molecular complexity index is 280. The fourth-order valence-corrected chi connectivity index (χ4v) is 0.610. The van der Waals surface area contributed by atoms with Crippen LogP contribution in [0, 0.1) is 18.8 Å². The first kappa shape index (κ1) is 7.80. The molecule has 0 aliphatic heterocycles. The van der Waals surface area contributed by atoms with Gasteiger partial charge in [-0.1, -0.05) is 17.9 Å². The molecule has 0 aliphatic rings. The van der Waals surface area contributed by atoms with Crippen molar-refractivity contribution >= 4 is 0 Å². The van der Waals surface area contributed by atoms with E-state index in [9.17, 15) is 0 Å². The van der Waals surface area contributed by atoms with Crippen LogP contribution in [0.5, 0.6) is 0 Å². The summed E-state index contributed by atoms with van der Waals surface area (Å²) in [6.45, 7) is 3.83. The summed E-state index contributed by atoms with van der Waals surface area (Å²) in [4.78, 5) is 0. The Labute approximate surface area is 65.8 Å². The Morgan fingerprint density at radius 1 is 1.45 bits per heavy atom. The highest BCUT2D eigenvalue weighted by atomic mass is 16.4. The van der Waals surface area contributed by atoms with Crippen LogP contribution in [0.4, 0.5) is 0 Å². The van der Waals surface area contributed by atoms with Crippen LogP contribution in [-0.4, -0.2) is 10.2 Å². The van der Waals surface area contributed by atoms with Crippen molar-refractivity contribution in [2.45, 2.75) is 26.7 Å². The molecule has 0 aromatic carbocycles. The smallest absolute Gasteiger partial charge is 0.293 e. The second kappa shape index (κ2) is 3.77. The second-order valence-corrected chi connectivity index (χ2v) is 2.18. The number of aromatic nitrogens is 2. The molecule has 1 heterocycles. The summed E-state index contributed by atoms with van der Waals surface area (Å²) in [7, 11) is 0. The SMILES string of the molecule is CCCC#Cc1nnc(C)o1. The Balaban J connectivity index is 2.59. The van der Waals surface area contributed by atoms with Crippen LogP contribution in [0.15, 0.2) is 4.42 Å². The lowest BCUT2D eigenvalue weighted by Crippen LogP contribution is -1.72. The molecule has 1 rings (SSSR count). The summed E-state index contributed by atoms with van der Waals surface area (Å²) < 4.78 is 5.03. The van der Waals surface area contributed by atoms with E-state index in [1.165, 1.54) is 0 Å². The normalized spacial score (nSPS) is 8.91. The first-order valence-corrected chi connectivity index (χ1v) is 3.62. The highest BCUT2D eigenvalue weighted by Crippen LogP contribution is 1.94. The first-order chi connectivity index (χ1) is 5.33. The maximum absolute atomic E-state index is 5.03. The lowest BCUT2D eigenvalue weighted by atomic mass is 10.3. The van der Waals surface area contributed by atoms with Crippen LogP contribution in [0.1, 0.15) is 31.5 Å². The van der Waals surface area contributed by atoms with Crippen molar-refractivity contribution in [1.29, 1.82) is 0 Å². The quantitative estimate of drug-likeness (QED) is 0.570. The van der Waals surface area contributed by atoms with Crippen LogP contribution in [-0.2, 0) is 0 Å². The Kier molecular flexibility index (Phi) is 2.67. The third-order valence-electron chi connectivity index (χ3n) is 1.10. The van der Waals surface area contributed by atoms with Gasteiger partial charge < -0.3 is 4.42 Å². The van der Waals surface area contributed by atoms with Gasteiger partial charge in [-0.15, -0.1) is 5.10 Å². The third kappa shape index (κ3) is 2.42. The lowest BCUT2D eigenvalue weighted by molar-refractivity contribution is 0.507. The van der Waals surface area contributed by atoms with Gasteiger partial charge in [0.25, 0.3) is 5.89 Å². The van der Waals surface area contributed by atoms with Crippen LogP contribution >= 0.6 is 0 Å². The van der Waals surface area contributed by atoms with Gasteiger partial charge in [0, 0.05) is 13.3 Å². The molecule has 0 saturated carbocycles. The second-order valence-electron chi connectivity index (χ2n) is 2.18. The van der Waals surface area contributed by atoms with Crippen LogP contribution < -0.4 is 0 Å². The van der Waals surface area contributed by atoms with Gasteiger partial charge in [0.2, 0.25) is 5.89 Å². The Hall–Kier alpha value is -1.30. The summed E-state index contributed by atoms with van der Waals surface area (Å²) in [6.07, 6.45) is 1.93. The van der Waals surface area contributed by atoms with E-state index in [2.05, 4.69) is 29.0 Å². The van der Waals surface area contributed by atoms with Crippen molar-refractivity contribution in [3.63, 3.8) is 0 Å². The van der Waals surface area contributed by atoms with E-state index in [0.29, 0.717) is 11.8 Å². The van der Waals surface area contributed by atoms with Crippen molar-refractivity contribution in [2.75, 3.05) is 0 Å². The molecule has 0 fully saturated rings. The average molecular weight is 150 g/mol. The van der Waals surface area contributed by atoms with Gasteiger partial charge in [0.1, 0.15) is 0 Å². The molecule has 3 nitrogen and oxygen atoms in total. The van der Waals surface area contributed by atoms with E-state index in [-0.39, 0.29) is 0 Å². The van der Waals surface area contributed by atoms with Crippen molar-refractivity contribution in [1.82, 2.24) is 10.2 Å². The molecule has 1 aromatic rings. The maximum Gasteiger partial charge on any atom is 0.293 e. The van der Waals surface area contributed by atoms with Gasteiger partial charge in [-0.25, -0.2) is 0 Å². The Morgan fingerprint density at radius 3 is 2.82 bits per heavy atom. The molecule has 0 atom stereocenters. The fraction of sp³-hybridized carbons (Fsp3) is 0.500. The number of rotatable bonds is 1. The topological polar surface area (TPSA) is 38.9 Å². The standard InChI is InChI=1S/C8H10N2O/c1-3-4-5-6-8-10-9-7(2)11-8/h3-4H2,1-2H3. The summed E-state index contributed by atoms with van der Waals surface area (Å²) in [5, 5.41) is 7.37. The van der Waals surface area contributed by atoms with Crippen LogP contribution in [0.25, 0.3) is 0 Å². The third-order valence-corrected chi connectivity index (χ3v) is 1.10. The number of hydrogen-bond acceptors (Lipinski definition) is 3. The molecule has 0 bridgehead atoms. The summed E-state index contributed by atoms with van der Waals surface area (Å²) in [5.74, 6) is 6.67. The van der Waals surface area contributed by atoms with E-state index in [4.69, 9.17) is 4.42 Å². The average Bonchev–Trinajstić information content (AvgIpc) is 2.37. The highest BCUT2D eigenvalue weighted by Gasteiger charge is 1.94. The van der Waals surface area contributed by atoms with E-state index in [1.807, 2.05) is 0 Å². The molecule has 3 heteroatoms. The maximum atomic E-state index is 5.03. The molecule has 0 spiro atoms. The van der Waals surface area contributed by atoms with Gasteiger partial charge in [0.15, 0.2) is 0 Å². The van der Waals surface area contributed by atoms with E-state index in [1.54, 1.807) is 6.92 Å². The zero-order chi connectivity index (χ0) is 8.10. The molecule has 0 amide bonds. The minimum absolute atomic E-state index is 0.413. The molecule has 0 aliphatic carbocycles. The summed E-state index contributed by atoms with van der Waals surface area (Å²) in [5.41, 5.74) is 0. The first-order valence-electron chi connectivity index (χ1n) is 3.62. The molecule has 0 saturated heterocycles. The monoisotopic (exact) mass is 150 g/mol. The summed E-state index contributed by atoms with van der Waals surface area (Å²) >= 11 is 0. The predicted octanol–water partition coefficient (Wildman–Crippen LogP) is 1.53. The molecule has 0 unspecified atom stereocenters. The van der Waals surface area contributed by atoms with Crippen molar-refractivity contribution < 1.29 is 4.42 Å². The van der Waals surface area contributed by atoms with Gasteiger partial charge in [-0.2, -0.15) is 0 Å². The zero-order valence-corrected chi connectivity index (χ0v) is 6.72. The molecular formula is C8H10N2O. The molecule has 0 radical (unpaired) electrons. The minimum Gasteiger partial charge on any atom is -0.415 e. The van der Waals surface area contributed by atoms with Crippen molar-refractivity contribution in [3.05, 3.63) is 11.8 Å². The van der Waals surface area contributed by atoms with Gasteiger partial charge >= 0.3 is 0 Å². The number of nitrogens with zero attached hydrogens (tertiary/aromatic N) is 2. The zero-order valence-electron chi connectivity index (χ0n) is 6.72. The fourth-order valence-electron chi connectivity index (χ4n) is 0.610. The van der Waals surface area contributed by atoms with Gasteiger partial charge in [-0.05, 0) is 12.3 Å². The summed E-state index contributed by atoms with van der Waals surface area (Å²) in [6, 6.07) is 0. The predicted molar refractivity (Wildman–Crippen MR) is 40.8 cm³/mol. The molecule has 1 aromatic heterocycles. The van der Waals surface area contributed by atoms with Crippen molar-refractivity contribution in [3.8, 4) is 11.8 Å². The number of hydrogen-bond donors (Lipinski definition) is 0. The van der Waals surface area contributed by atoms with Crippen LogP contribution in [0.2, 0.25) is 0 Å². The highest BCUT2D eigenvalue weighted by molar-refractivity contribution is 5.16. The molecule has 11 heavy (non-hydrogen) atoms. The Morgan fingerprint density at radius 2 is 2.27 bits per heavy atom. The van der Waals surface area contributed by atoms with E-state index < -0.39 is 0 Å². The van der Waals surface area contributed by atoms with Crippen LogP contribution in [0.3, 0.4) is 0 Å². The molecule has 0 N–H and O–H groups in total. The van der Waals surface area contributed by atoms with Gasteiger partial charge in [0.05, 0.1) is 0 Å². The molecular weight excluding hydrogens is 140 g/mol. The molecule has 58 valence electrons. The number of aryl methyl sites for hydroxylation is 1. The largest absolute Gasteiger partial charge is 0.415 e. The number of unbranched alkanes of at least 4 members (excludes halogenated alkanes) is 1.